The van der Waals surface area contributed by atoms with Crippen LogP contribution in [0.25, 0.3) is 0 Å². The molecule has 14 heavy (non-hydrogen) atoms. The Hall–Kier alpha value is -0.380. The normalized spacial score (nSPS) is 24.0. The van der Waals surface area contributed by atoms with Crippen molar-refractivity contribution in [3.05, 3.63) is 21.9 Å². The van der Waals surface area contributed by atoms with E-state index in [-0.39, 0.29) is 6.04 Å². The molecule has 2 atom stereocenters. The van der Waals surface area contributed by atoms with Crippen LogP contribution in [0.2, 0.25) is 0 Å². The molecule has 1 aromatic heterocycles. The van der Waals surface area contributed by atoms with Crippen molar-refractivity contribution in [2.75, 3.05) is 13.2 Å². The second kappa shape index (κ2) is 4.43. The lowest BCUT2D eigenvalue weighted by Gasteiger charge is -2.13. The molecule has 1 aliphatic rings. The first-order valence-electron chi connectivity index (χ1n) is 5.15. The van der Waals surface area contributed by atoms with Crippen LogP contribution in [0.1, 0.15) is 28.6 Å². The molecule has 0 aromatic carbocycles. The Kier molecular flexibility index (Phi) is 3.21. The van der Waals surface area contributed by atoms with Crippen molar-refractivity contribution in [1.29, 1.82) is 0 Å². The van der Waals surface area contributed by atoms with E-state index in [1.54, 1.807) is 0 Å². The van der Waals surface area contributed by atoms with Gasteiger partial charge in [0.25, 0.3) is 0 Å². The molecule has 2 N–H and O–H groups in total. The summed E-state index contributed by atoms with van der Waals surface area (Å²) in [5.74, 6) is 0.674. The predicted molar refractivity (Wildman–Crippen MR) is 59.5 cm³/mol. The molecular formula is C11H17NOS. The fourth-order valence-electron chi connectivity index (χ4n) is 1.90. The van der Waals surface area contributed by atoms with Crippen molar-refractivity contribution >= 4 is 11.3 Å². The van der Waals surface area contributed by atoms with Gasteiger partial charge in [0.15, 0.2) is 0 Å². The molecule has 2 rings (SSSR count). The van der Waals surface area contributed by atoms with E-state index in [1.807, 2.05) is 11.3 Å². The zero-order valence-corrected chi connectivity index (χ0v) is 9.35. The maximum absolute atomic E-state index is 6.14. The molecule has 78 valence electrons. The summed E-state index contributed by atoms with van der Waals surface area (Å²) in [4.78, 5) is 2.66. The monoisotopic (exact) mass is 211 g/mol. The molecule has 2 nitrogen and oxygen atoms in total. The third kappa shape index (κ3) is 2.35. The SMILES string of the molecule is Cc1ccc(C(N)CC2CCOC2)s1. The van der Waals surface area contributed by atoms with Gasteiger partial charge in [0.2, 0.25) is 0 Å². The van der Waals surface area contributed by atoms with Crippen LogP contribution in [0.3, 0.4) is 0 Å². The van der Waals surface area contributed by atoms with Gasteiger partial charge in [0.1, 0.15) is 0 Å². The average Bonchev–Trinajstić information content (AvgIpc) is 2.75. The third-order valence-corrected chi connectivity index (χ3v) is 3.87. The molecule has 1 aliphatic heterocycles. The van der Waals surface area contributed by atoms with Gasteiger partial charge in [0.05, 0.1) is 0 Å². The van der Waals surface area contributed by atoms with Crippen LogP contribution in [-0.4, -0.2) is 13.2 Å². The lowest BCUT2D eigenvalue weighted by Crippen LogP contribution is -2.14. The maximum atomic E-state index is 6.14. The van der Waals surface area contributed by atoms with E-state index >= 15 is 0 Å². The van der Waals surface area contributed by atoms with E-state index < -0.39 is 0 Å². The van der Waals surface area contributed by atoms with Gasteiger partial charge in [-0.1, -0.05) is 0 Å². The Bertz CT molecular complexity index is 291. The zero-order chi connectivity index (χ0) is 9.97. The summed E-state index contributed by atoms with van der Waals surface area (Å²) in [5.41, 5.74) is 6.14. The largest absolute Gasteiger partial charge is 0.381 e. The van der Waals surface area contributed by atoms with Crippen LogP contribution in [0.15, 0.2) is 12.1 Å². The number of nitrogens with two attached hydrogens (primary N) is 1. The van der Waals surface area contributed by atoms with Crippen molar-refractivity contribution in [2.45, 2.75) is 25.8 Å². The highest BCUT2D eigenvalue weighted by molar-refractivity contribution is 7.12. The third-order valence-electron chi connectivity index (χ3n) is 2.74. The Morgan fingerprint density at radius 1 is 1.64 bits per heavy atom. The van der Waals surface area contributed by atoms with E-state index in [0.717, 1.165) is 19.6 Å². The van der Waals surface area contributed by atoms with Crippen LogP contribution in [0, 0.1) is 12.8 Å². The second-order valence-electron chi connectivity index (χ2n) is 4.02. The van der Waals surface area contributed by atoms with Gasteiger partial charge in [-0.15, -0.1) is 11.3 Å². The topological polar surface area (TPSA) is 35.2 Å². The molecule has 0 spiro atoms. The van der Waals surface area contributed by atoms with Crippen LogP contribution >= 0.6 is 11.3 Å². The number of hydrogen-bond donors (Lipinski definition) is 1. The van der Waals surface area contributed by atoms with Crippen LogP contribution in [-0.2, 0) is 4.74 Å². The van der Waals surface area contributed by atoms with Gasteiger partial charge in [-0.2, -0.15) is 0 Å². The standard InChI is InChI=1S/C11H17NOS/c1-8-2-3-11(14-8)10(12)6-9-4-5-13-7-9/h2-3,9-10H,4-7,12H2,1H3. The summed E-state index contributed by atoms with van der Waals surface area (Å²) in [7, 11) is 0. The van der Waals surface area contributed by atoms with Crippen molar-refractivity contribution in [2.24, 2.45) is 11.7 Å². The fourth-order valence-corrected chi connectivity index (χ4v) is 2.79. The minimum absolute atomic E-state index is 0.209. The molecule has 0 aliphatic carbocycles. The number of hydrogen-bond acceptors (Lipinski definition) is 3. The van der Waals surface area contributed by atoms with Crippen molar-refractivity contribution in [1.82, 2.24) is 0 Å². The molecule has 0 amide bonds. The first-order chi connectivity index (χ1) is 6.75. The summed E-state index contributed by atoms with van der Waals surface area (Å²) >= 11 is 1.81. The predicted octanol–water partition coefficient (Wildman–Crippen LogP) is 2.48. The number of aryl methyl sites for hydroxylation is 1. The van der Waals surface area contributed by atoms with Gasteiger partial charge < -0.3 is 10.5 Å². The van der Waals surface area contributed by atoms with Crippen LogP contribution in [0.4, 0.5) is 0 Å². The van der Waals surface area contributed by atoms with Crippen molar-refractivity contribution in [3.8, 4) is 0 Å². The number of rotatable bonds is 3. The lowest BCUT2D eigenvalue weighted by atomic mass is 9.99. The van der Waals surface area contributed by atoms with E-state index in [4.69, 9.17) is 10.5 Å². The Morgan fingerprint density at radius 3 is 3.07 bits per heavy atom. The van der Waals surface area contributed by atoms with E-state index in [0.29, 0.717) is 5.92 Å². The first kappa shape index (κ1) is 10.1. The second-order valence-corrected chi connectivity index (χ2v) is 5.34. The summed E-state index contributed by atoms with van der Waals surface area (Å²) in [6.45, 7) is 3.94. The quantitative estimate of drug-likeness (QED) is 0.833. The Balaban J connectivity index is 1.91. The van der Waals surface area contributed by atoms with Gasteiger partial charge in [-0.3, -0.25) is 0 Å². The number of thiophene rings is 1. The van der Waals surface area contributed by atoms with Gasteiger partial charge in [-0.05, 0) is 37.8 Å². The van der Waals surface area contributed by atoms with Gasteiger partial charge in [0, 0.05) is 29.0 Å². The molecule has 0 radical (unpaired) electrons. The zero-order valence-electron chi connectivity index (χ0n) is 8.53. The fraction of sp³-hybridized carbons (Fsp3) is 0.636. The molecule has 0 bridgehead atoms. The summed E-state index contributed by atoms with van der Waals surface area (Å²) in [6.07, 6.45) is 2.25. The average molecular weight is 211 g/mol. The molecule has 2 heterocycles. The van der Waals surface area contributed by atoms with E-state index in [1.165, 1.54) is 16.2 Å². The highest BCUT2D eigenvalue weighted by Crippen LogP contribution is 2.28. The Morgan fingerprint density at radius 2 is 2.50 bits per heavy atom. The Labute approximate surface area is 89.1 Å². The minimum atomic E-state index is 0.209. The molecule has 2 unspecified atom stereocenters. The van der Waals surface area contributed by atoms with Crippen LogP contribution < -0.4 is 5.73 Å². The number of ether oxygens (including phenoxy) is 1. The van der Waals surface area contributed by atoms with Crippen molar-refractivity contribution < 1.29 is 4.74 Å². The smallest absolute Gasteiger partial charge is 0.0495 e. The molecular weight excluding hydrogens is 194 g/mol. The molecule has 3 heteroatoms. The molecule has 0 saturated carbocycles. The molecule has 1 saturated heterocycles. The summed E-state index contributed by atoms with van der Waals surface area (Å²) in [5, 5.41) is 0. The first-order valence-corrected chi connectivity index (χ1v) is 5.97. The lowest BCUT2D eigenvalue weighted by molar-refractivity contribution is 0.183. The van der Waals surface area contributed by atoms with E-state index in [2.05, 4.69) is 19.1 Å². The van der Waals surface area contributed by atoms with E-state index in [9.17, 15) is 0 Å². The highest BCUT2D eigenvalue weighted by Gasteiger charge is 2.20. The summed E-state index contributed by atoms with van der Waals surface area (Å²) in [6, 6.07) is 4.51. The van der Waals surface area contributed by atoms with Crippen LogP contribution in [0.5, 0.6) is 0 Å². The molecule has 1 aromatic rings. The maximum Gasteiger partial charge on any atom is 0.0495 e. The van der Waals surface area contributed by atoms with Gasteiger partial charge >= 0.3 is 0 Å². The molecule has 1 fully saturated rings. The highest BCUT2D eigenvalue weighted by atomic mass is 32.1. The van der Waals surface area contributed by atoms with Gasteiger partial charge in [-0.25, -0.2) is 0 Å². The summed E-state index contributed by atoms with van der Waals surface area (Å²) < 4.78 is 5.35. The minimum Gasteiger partial charge on any atom is -0.381 e. The van der Waals surface area contributed by atoms with Crippen molar-refractivity contribution in [3.63, 3.8) is 0 Å².